The number of amides is 1. The fraction of sp³-hybridized carbons (Fsp3) is 0.316. The van der Waals surface area contributed by atoms with Crippen molar-refractivity contribution in [2.24, 2.45) is 0 Å². The summed E-state index contributed by atoms with van der Waals surface area (Å²) in [5.74, 6) is -0.0409. The van der Waals surface area contributed by atoms with Crippen LogP contribution in [0.3, 0.4) is 0 Å². The first-order chi connectivity index (χ1) is 13.9. The molecule has 0 atom stereocenters. The van der Waals surface area contributed by atoms with Crippen molar-refractivity contribution in [3.05, 3.63) is 39.0 Å². The largest absolute Gasteiger partial charge is 0.323 e. The molecule has 3 heterocycles. The molecule has 0 fully saturated rings. The molecule has 4 rings (SSSR count). The third-order valence-electron chi connectivity index (χ3n) is 4.61. The van der Waals surface area contributed by atoms with Crippen molar-refractivity contribution in [2.75, 3.05) is 11.1 Å². The summed E-state index contributed by atoms with van der Waals surface area (Å²) in [6.07, 6.45) is 0. The normalized spacial score (nSPS) is 11.6. The van der Waals surface area contributed by atoms with Crippen LogP contribution < -0.4 is 10.9 Å². The summed E-state index contributed by atoms with van der Waals surface area (Å²) in [5.41, 5.74) is 3.00. The van der Waals surface area contributed by atoms with Crippen molar-refractivity contribution >= 4 is 67.7 Å². The zero-order chi connectivity index (χ0) is 20.7. The van der Waals surface area contributed by atoms with E-state index in [1.807, 2.05) is 39.8 Å². The fourth-order valence-corrected chi connectivity index (χ4v) is 5.62. The zero-order valence-corrected chi connectivity index (χ0v) is 18.8. The van der Waals surface area contributed by atoms with Gasteiger partial charge in [0, 0.05) is 10.9 Å². The summed E-state index contributed by atoms with van der Waals surface area (Å²) in [6, 6.07) is 5.44. The number of nitrogens with zero attached hydrogens (tertiary/aromatic N) is 4. The number of nitrogens with one attached hydrogen (secondary N) is 1. The van der Waals surface area contributed by atoms with Crippen molar-refractivity contribution in [3.63, 3.8) is 0 Å². The van der Waals surface area contributed by atoms with E-state index in [0.717, 1.165) is 32.5 Å². The molecule has 0 aliphatic rings. The minimum atomic E-state index is -0.182. The highest BCUT2D eigenvalue weighted by molar-refractivity contribution is 7.99. The number of aromatic nitrogens is 4. The number of thiophene rings is 1. The number of hydrogen-bond donors (Lipinski definition) is 1. The number of anilines is 1. The topological polar surface area (TPSA) is 89.8 Å². The lowest BCUT2D eigenvalue weighted by atomic mass is 10.2. The first-order valence-corrected chi connectivity index (χ1v) is 11.6. The average Bonchev–Trinajstić information content (AvgIpc) is 3.25. The second-order valence-corrected chi connectivity index (χ2v) is 9.58. The number of benzene rings is 1. The summed E-state index contributed by atoms with van der Waals surface area (Å²) in [4.78, 5) is 32.1. The maximum absolute atomic E-state index is 13.1. The highest BCUT2D eigenvalue weighted by atomic mass is 32.2. The van der Waals surface area contributed by atoms with E-state index in [9.17, 15) is 9.59 Å². The van der Waals surface area contributed by atoms with Crippen molar-refractivity contribution < 1.29 is 4.79 Å². The van der Waals surface area contributed by atoms with E-state index >= 15 is 0 Å². The van der Waals surface area contributed by atoms with Gasteiger partial charge < -0.3 is 5.32 Å². The van der Waals surface area contributed by atoms with Crippen LogP contribution in [-0.4, -0.2) is 30.0 Å². The Kier molecular flexibility index (Phi) is 5.41. The van der Waals surface area contributed by atoms with Crippen molar-refractivity contribution in [1.29, 1.82) is 0 Å². The molecule has 0 spiro atoms. The molecular formula is C19H19N5O2S3. The van der Waals surface area contributed by atoms with Crippen LogP contribution in [0.25, 0.3) is 21.3 Å². The quantitative estimate of drug-likeness (QED) is 0.362. The van der Waals surface area contributed by atoms with Gasteiger partial charge in [-0.15, -0.1) is 11.3 Å². The van der Waals surface area contributed by atoms with Crippen molar-refractivity contribution in [3.8, 4) is 0 Å². The van der Waals surface area contributed by atoms with Crippen LogP contribution in [0.2, 0.25) is 0 Å². The van der Waals surface area contributed by atoms with Gasteiger partial charge >= 0.3 is 0 Å². The van der Waals surface area contributed by atoms with Gasteiger partial charge in [0.2, 0.25) is 5.91 Å². The number of carbonyl (C=O) groups excluding carboxylic acids is 1. The summed E-state index contributed by atoms with van der Waals surface area (Å²) in [6.45, 7) is 7.85. The molecule has 0 unspecified atom stereocenters. The summed E-state index contributed by atoms with van der Waals surface area (Å²) in [7, 11) is 0. The molecule has 0 bridgehead atoms. The third-order valence-corrected chi connectivity index (χ3v) is 7.21. The average molecular weight is 446 g/mol. The lowest BCUT2D eigenvalue weighted by Crippen LogP contribution is -2.25. The third kappa shape index (κ3) is 3.67. The van der Waals surface area contributed by atoms with Gasteiger partial charge in [0.25, 0.3) is 5.56 Å². The van der Waals surface area contributed by atoms with Crippen LogP contribution in [-0.2, 0) is 4.79 Å². The minimum Gasteiger partial charge on any atom is -0.323 e. The maximum atomic E-state index is 13.1. The van der Waals surface area contributed by atoms with Gasteiger partial charge in [0.15, 0.2) is 5.16 Å². The Morgan fingerprint density at radius 1 is 1.28 bits per heavy atom. The second kappa shape index (κ2) is 7.85. The van der Waals surface area contributed by atoms with Gasteiger partial charge in [-0.2, -0.15) is 8.75 Å². The first kappa shape index (κ1) is 20.0. The van der Waals surface area contributed by atoms with E-state index in [2.05, 4.69) is 14.1 Å². The van der Waals surface area contributed by atoms with Gasteiger partial charge in [-0.05, 0) is 45.4 Å². The highest BCUT2D eigenvalue weighted by Gasteiger charge is 2.19. The van der Waals surface area contributed by atoms with Crippen LogP contribution in [0.15, 0.2) is 28.2 Å². The Hall–Kier alpha value is -2.30. The SMILES string of the molecule is Cc1sc2nc(SCC(=O)Nc3cccc4nsnc34)n(C(C)C)c(=O)c2c1C. The van der Waals surface area contributed by atoms with E-state index in [-0.39, 0.29) is 23.3 Å². The Morgan fingerprint density at radius 2 is 2.07 bits per heavy atom. The smallest absolute Gasteiger partial charge is 0.263 e. The van der Waals surface area contributed by atoms with Gasteiger partial charge in [-0.3, -0.25) is 14.2 Å². The molecule has 0 radical (unpaired) electrons. The first-order valence-electron chi connectivity index (χ1n) is 9.03. The lowest BCUT2D eigenvalue weighted by Gasteiger charge is -2.15. The molecule has 1 amide bonds. The van der Waals surface area contributed by atoms with E-state index in [1.165, 1.54) is 23.1 Å². The van der Waals surface area contributed by atoms with Gasteiger partial charge in [0.1, 0.15) is 15.9 Å². The van der Waals surface area contributed by atoms with Crippen molar-refractivity contribution in [1.82, 2.24) is 18.3 Å². The summed E-state index contributed by atoms with van der Waals surface area (Å²) in [5, 5.41) is 4.12. The van der Waals surface area contributed by atoms with Crippen LogP contribution in [0.5, 0.6) is 0 Å². The predicted molar refractivity (Wildman–Crippen MR) is 121 cm³/mol. The van der Waals surface area contributed by atoms with Gasteiger partial charge in [-0.25, -0.2) is 4.98 Å². The minimum absolute atomic E-state index is 0.0481. The molecule has 3 aromatic heterocycles. The van der Waals surface area contributed by atoms with E-state index in [4.69, 9.17) is 4.98 Å². The molecule has 1 aromatic carbocycles. The number of hydrogen-bond acceptors (Lipinski definition) is 8. The monoisotopic (exact) mass is 445 g/mol. The van der Waals surface area contributed by atoms with E-state index in [1.54, 1.807) is 10.6 Å². The molecule has 150 valence electrons. The summed E-state index contributed by atoms with van der Waals surface area (Å²) < 4.78 is 10.1. The Morgan fingerprint density at radius 3 is 2.83 bits per heavy atom. The standard InChI is InChI=1S/C19H19N5O2S3/c1-9(2)24-18(26)15-10(3)11(4)28-17(15)21-19(24)27-8-14(25)20-12-6-5-7-13-16(12)23-29-22-13/h5-7,9H,8H2,1-4H3,(H,20,25). The molecule has 10 heteroatoms. The molecule has 1 N–H and O–H groups in total. The molecule has 7 nitrogen and oxygen atoms in total. The molecule has 29 heavy (non-hydrogen) atoms. The lowest BCUT2D eigenvalue weighted by molar-refractivity contribution is -0.113. The van der Waals surface area contributed by atoms with Crippen molar-refractivity contribution in [2.45, 2.75) is 38.9 Å². The Labute approximate surface area is 179 Å². The number of thioether (sulfide) groups is 1. The number of rotatable bonds is 5. The van der Waals surface area contributed by atoms with Crippen LogP contribution in [0, 0.1) is 13.8 Å². The van der Waals surface area contributed by atoms with E-state index in [0.29, 0.717) is 21.7 Å². The molecule has 0 saturated carbocycles. The van der Waals surface area contributed by atoms with Gasteiger partial charge in [0.05, 0.1) is 28.6 Å². The fourth-order valence-electron chi connectivity index (χ4n) is 3.07. The van der Waals surface area contributed by atoms with Crippen LogP contribution in [0.4, 0.5) is 5.69 Å². The highest BCUT2D eigenvalue weighted by Crippen LogP contribution is 2.29. The number of carbonyl (C=O) groups is 1. The van der Waals surface area contributed by atoms with Crippen LogP contribution in [0.1, 0.15) is 30.3 Å². The number of fused-ring (bicyclic) bond motifs is 2. The predicted octanol–water partition coefficient (Wildman–Crippen LogP) is 4.39. The Bertz CT molecular complexity index is 1290. The molecule has 0 saturated heterocycles. The second-order valence-electron chi connectivity index (χ2n) is 6.90. The van der Waals surface area contributed by atoms with Gasteiger partial charge in [-0.1, -0.05) is 17.8 Å². The summed E-state index contributed by atoms with van der Waals surface area (Å²) >= 11 is 3.89. The Balaban J connectivity index is 1.60. The number of aryl methyl sites for hydroxylation is 2. The molecular weight excluding hydrogens is 426 g/mol. The van der Waals surface area contributed by atoms with Crippen LogP contribution >= 0.6 is 34.8 Å². The maximum Gasteiger partial charge on any atom is 0.263 e. The molecule has 0 aliphatic carbocycles. The zero-order valence-electron chi connectivity index (χ0n) is 16.3. The van der Waals surface area contributed by atoms with E-state index < -0.39 is 0 Å². The molecule has 0 aliphatic heterocycles. The molecule has 4 aromatic rings.